The molecule has 0 spiro atoms. The Morgan fingerprint density at radius 1 is 0.906 bits per heavy atom. The normalized spacial score (nSPS) is 11.1. The van der Waals surface area contributed by atoms with Crippen molar-refractivity contribution >= 4 is 0 Å². The van der Waals surface area contributed by atoms with Crippen LogP contribution in [0.4, 0.5) is 0 Å². The third-order valence-corrected chi connectivity index (χ3v) is 5.33. The van der Waals surface area contributed by atoms with E-state index in [0.717, 1.165) is 37.3 Å². The molecule has 0 radical (unpaired) electrons. The second-order valence-corrected chi connectivity index (χ2v) is 8.72. The molecule has 1 N–H and O–H groups in total. The molecule has 2 aromatic rings. The standard InChI is InChI=1S/C27H38N2O3/c1-5-6-7-8-17-31-25-14-15-26(23(19-25)21-28)32-18-9-16-29-27(2,3)20-22-10-12-24(30-4)13-11-22/h10-15,19,29H,5-9,16-18,20H2,1-4H3. The minimum absolute atomic E-state index is 0.0253. The van der Waals surface area contributed by atoms with Crippen molar-refractivity contribution in [1.82, 2.24) is 5.32 Å². The molecule has 0 amide bonds. The van der Waals surface area contributed by atoms with E-state index in [9.17, 15) is 5.26 Å². The Kier molecular flexibility index (Phi) is 10.9. The first-order chi connectivity index (χ1) is 15.5. The van der Waals surface area contributed by atoms with Crippen molar-refractivity contribution in [2.75, 3.05) is 26.9 Å². The summed E-state index contributed by atoms with van der Waals surface area (Å²) in [6.45, 7) is 8.67. The van der Waals surface area contributed by atoms with E-state index in [0.29, 0.717) is 24.5 Å². The molecule has 5 heteroatoms. The van der Waals surface area contributed by atoms with Gasteiger partial charge in [-0.2, -0.15) is 5.26 Å². The summed E-state index contributed by atoms with van der Waals surface area (Å²) in [5, 5.41) is 13.1. The van der Waals surface area contributed by atoms with Crippen molar-refractivity contribution in [1.29, 1.82) is 5.26 Å². The minimum atomic E-state index is -0.0253. The summed E-state index contributed by atoms with van der Waals surface area (Å²) in [6, 6.07) is 15.9. The highest BCUT2D eigenvalue weighted by atomic mass is 16.5. The van der Waals surface area contributed by atoms with Crippen LogP contribution in [0.25, 0.3) is 0 Å². The van der Waals surface area contributed by atoms with Gasteiger partial charge < -0.3 is 19.5 Å². The van der Waals surface area contributed by atoms with Gasteiger partial charge in [0.2, 0.25) is 0 Å². The molecule has 32 heavy (non-hydrogen) atoms. The quantitative estimate of drug-likeness (QED) is 0.350. The van der Waals surface area contributed by atoms with Gasteiger partial charge in [0.05, 0.1) is 25.9 Å². The van der Waals surface area contributed by atoms with E-state index < -0.39 is 0 Å². The van der Waals surface area contributed by atoms with Gasteiger partial charge >= 0.3 is 0 Å². The van der Waals surface area contributed by atoms with Crippen molar-refractivity contribution in [2.24, 2.45) is 0 Å². The average Bonchev–Trinajstić information content (AvgIpc) is 2.79. The zero-order chi connectivity index (χ0) is 23.2. The molecule has 0 aliphatic carbocycles. The molecule has 0 bridgehead atoms. The van der Waals surface area contributed by atoms with Crippen LogP contribution in [-0.4, -0.2) is 32.4 Å². The summed E-state index contributed by atoms with van der Waals surface area (Å²) in [4.78, 5) is 0. The first-order valence-corrected chi connectivity index (χ1v) is 11.6. The van der Waals surface area contributed by atoms with Crippen LogP contribution < -0.4 is 19.5 Å². The molecule has 0 saturated carbocycles. The summed E-state index contributed by atoms with van der Waals surface area (Å²) in [6.07, 6.45) is 6.43. The van der Waals surface area contributed by atoms with E-state index in [1.54, 1.807) is 13.2 Å². The van der Waals surface area contributed by atoms with Crippen molar-refractivity contribution in [3.05, 3.63) is 53.6 Å². The van der Waals surface area contributed by atoms with E-state index in [4.69, 9.17) is 14.2 Å². The number of nitrogens with zero attached hydrogens (tertiary/aromatic N) is 1. The van der Waals surface area contributed by atoms with Gasteiger partial charge in [0.25, 0.3) is 0 Å². The molecule has 0 heterocycles. The van der Waals surface area contributed by atoms with Crippen LogP contribution in [0.3, 0.4) is 0 Å². The van der Waals surface area contributed by atoms with E-state index >= 15 is 0 Å². The molecular weight excluding hydrogens is 400 g/mol. The summed E-state index contributed by atoms with van der Waals surface area (Å²) in [5.41, 5.74) is 1.76. The number of nitriles is 1. The van der Waals surface area contributed by atoms with E-state index in [2.05, 4.69) is 44.3 Å². The summed E-state index contributed by atoms with van der Waals surface area (Å²) in [7, 11) is 1.68. The van der Waals surface area contributed by atoms with E-state index in [-0.39, 0.29) is 5.54 Å². The first kappa shape index (κ1) is 25.5. The number of ether oxygens (including phenoxy) is 3. The Morgan fingerprint density at radius 2 is 1.62 bits per heavy atom. The molecule has 2 rings (SSSR count). The third kappa shape index (κ3) is 9.20. The Balaban J connectivity index is 1.72. The fourth-order valence-corrected chi connectivity index (χ4v) is 3.53. The van der Waals surface area contributed by atoms with Crippen molar-refractivity contribution in [3.63, 3.8) is 0 Å². The average molecular weight is 439 g/mol. The Labute approximate surface area is 193 Å². The largest absolute Gasteiger partial charge is 0.497 e. The number of nitrogens with one attached hydrogen (secondary N) is 1. The Bertz CT molecular complexity index is 841. The molecule has 0 unspecified atom stereocenters. The topological polar surface area (TPSA) is 63.5 Å². The summed E-state index contributed by atoms with van der Waals surface area (Å²) < 4.78 is 16.9. The molecule has 0 aliphatic heterocycles. The van der Waals surface area contributed by atoms with Crippen LogP contribution in [0.2, 0.25) is 0 Å². The maximum absolute atomic E-state index is 9.46. The number of hydrogen-bond donors (Lipinski definition) is 1. The molecule has 0 aromatic heterocycles. The molecule has 174 valence electrons. The molecule has 0 aliphatic rings. The number of rotatable bonds is 15. The highest BCUT2D eigenvalue weighted by Gasteiger charge is 2.17. The fourth-order valence-electron chi connectivity index (χ4n) is 3.53. The van der Waals surface area contributed by atoms with Crippen LogP contribution in [0.1, 0.15) is 64.0 Å². The number of methoxy groups -OCH3 is 1. The first-order valence-electron chi connectivity index (χ1n) is 11.6. The molecule has 0 atom stereocenters. The van der Waals surface area contributed by atoms with Gasteiger partial charge in [-0.05, 0) is 69.5 Å². The van der Waals surface area contributed by atoms with Gasteiger partial charge in [0.1, 0.15) is 23.3 Å². The van der Waals surface area contributed by atoms with Crippen molar-refractivity contribution in [2.45, 2.75) is 64.8 Å². The van der Waals surface area contributed by atoms with Crippen LogP contribution in [0.15, 0.2) is 42.5 Å². The molecule has 2 aromatic carbocycles. The van der Waals surface area contributed by atoms with Gasteiger partial charge in [-0.3, -0.25) is 0 Å². The second-order valence-electron chi connectivity index (χ2n) is 8.72. The lowest BCUT2D eigenvalue weighted by Gasteiger charge is -2.26. The summed E-state index contributed by atoms with van der Waals surface area (Å²) >= 11 is 0. The highest BCUT2D eigenvalue weighted by molar-refractivity contribution is 5.47. The monoisotopic (exact) mass is 438 g/mol. The van der Waals surface area contributed by atoms with Gasteiger partial charge in [-0.25, -0.2) is 0 Å². The smallest absolute Gasteiger partial charge is 0.137 e. The minimum Gasteiger partial charge on any atom is -0.497 e. The lowest BCUT2D eigenvalue weighted by atomic mass is 9.95. The molecule has 0 saturated heterocycles. The van der Waals surface area contributed by atoms with Crippen LogP contribution in [0, 0.1) is 11.3 Å². The SMILES string of the molecule is CCCCCCOc1ccc(OCCCNC(C)(C)Cc2ccc(OC)cc2)c(C#N)c1. The predicted molar refractivity (Wildman–Crippen MR) is 130 cm³/mol. The predicted octanol–water partition coefficient (Wildman–Crippen LogP) is 5.91. The molecule has 5 nitrogen and oxygen atoms in total. The summed E-state index contributed by atoms with van der Waals surface area (Å²) in [5.74, 6) is 2.22. The zero-order valence-electron chi connectivity index (χ0n) is 20.1. The zero-order valence-corrected chi connectivity index (χ0v) is 20.1. The van der Waals surface area contributed by atoms with E-state index in [1.165, 1.54) is 24.8 Å². The van der Waals surface area contributed by atoms with Gasteiger partial charge in [0.15, 0.2) is 0 Å². The van der Waals surface area contributed by atoms with Gasteiger partial charge in [-0.15, -0.1) is 0 Å². The maximum Gasteiger partial charge on any atom is 0.137 e. The Hall–Kier alpha value is -2.71. The van der Waals surface area contributed by atoms with Crippen LogP contribution >= 0.6 is 0 Å². The third-order valence-electron chi connectivity index (χ3n) is 5.33. The molecular formula is C27H38N2O3. The lowest BCUT2D eigenvalue weighted by molar-refractivity contribution is 0.289. The van der Waals surface area contributed by atoms with Crippen LogP contribution in [0.5, 0.6) is 17.2 Å². The number of hydrogen-bond acceptors (Lipinski definition) is 5. The van der Waals surface area contributed by atoms with Crippen LogP contribution in [-0.2, 0) is 6.42 Å². The highest BCUT2D eigenvalue weighted by Crippen LogP contribution is 2.24. The number of benzene rings is 2. The Morgan fingerprint density at radius 3 is 2.31 bits per heavy atom. The second kappa shape index (κ2) is 13.6. The van der Waals surface area contributed by atoms with Gasteiger partial charge in [-0.1, -0.05) is 38.3 Å². The molecule has 0 fully saturated rings. The van der Waals surface area contributed by atoms with E-state index in [1.807, 2.05) is 24.3 Å². The number of unbranched alkanes of at least 4 members (excludes halogenated alkanes) is 3. The van der Waals surface area contributed by atoms with Crippen molar-refractivity contribution < 1.29 is 14.2 Å². The fraction of sp³-hybridized carbons (Fsp3) is 0.519. The van der Waals surface area contributed by atoms with Crippen molar-refractivity contribution in [3.8, 4) is 23.3 Å². The maximum atomic E-state index is 9.46. The lowest BCUT2D eigenvalue weighted by Crippen LogP contribution is -2.42. The van der Waals surface area contributed by atoms with Gasteiger partial charge in [0, 0.05) is 11.6 Å².